The van der Waals surface area contributed by atoms with Gasteiger partial charge < -0.3 is 4.74 Å². The van der Waals surface area contributed by atoms with Gasteiger partial charge in [-0.05, 0) is 86.8 Å². The molecule has 0 aromatic heterocycles. The summed E-state index contributed by atoms with van der Waals surface area (Å²) in [7, 11) is 0. The van der Waals surface area contributed by atoms with Gasteiger partial charge in [0.25, 0.3) is 0 Å². The Bertz CT molecular complexity index is 613. The van der Waals surface area contributed by atoms with Gasteiger partial charge in [0.05, 0.1) is 6.61 Å². The lowest BCUT2D eigenvalue weighted by molar-refractivity contribution is 0.189. The van der Waals surface area contributed by atoms with E-state index < -0.39 is 0 Å². The Morgan fingerprint density at radius 1 is 1.00 bits per heavy atom. The molecule has 1 saturated carbocycles. The molecule has 0 bridgehead atoms. The van der Waals surface area contributed by atoms with Gasteiger partial charge in [-0.15, -0.1) is 0 Å². The average molecular weight is 373 g/mol. The van der Waals surface area contributed by atoms with E-state index in [2.05, 4.69) is 13.0 Å². The monoisotopic (exact) mass is 372 g/mol. The fraction of sp³-hybridized carbons (Fsp3) is 0.680. The first kappa shape index (κ1) is 20.4. The highest BCUT2D eigenvalue weighted by Gasteiger charge is 2.27. The van der Waals surface area contributed by atoms with Crippen LogP contribution in [0.5, 0.6) is 5.75 Å². The van der Waals surface area contributed by atoms with Crippen molar-refractivity contribution in [3.8, 4) is 5.75 Å². The molecule has 150 valence electrons. The molecule has 0 heterocycles. The minimum Gasteiger partial charge on any atom is -0.491 e. The molecule has 1 aromatic carbocycles. The maximum absolute atomic E-state index is 14.1. The summed E-state index contributed by atoms with van der Waals surface area (Å²) in [5.74, 6) is 3.05. The van der Waals surface area contributed by atoms with Gasteiger partial charge in [0, 0.05) is 0 Å². The molecule has 27 heavy (non-hydrogen) atoms. The Kier molecular flexibility index (Phi) is 7.79. The van der Waals surface area contributed by atoms with Gasteiger partial charge in [-0.3, -0.25) is 0 Å². The van der Waals surface area contributed by atoms with Crippen molar-refractivity contribution in [2.45, 2.75) is 84.5 Å². The van der Waals surface area contributed by atoms with E-state index in [0.29, 0.717) is 12.4 Å². The largest absolute Gasteiger partial charge is 0.491 e. The lowest BCUT2D eigenvalue weighted by Crippen LogP contribution is -2.23. The minimum absolute atomic E-state index is 0.221. The number of rotatable bonds is 8. The van der Waals surface area contributed by atoms with E-state index in [1.54, 1.807) is 17.7 Å². The number of hydrogen-bond donors (Lipinski definition) is 0. The van der Waals surface area contributed by atoms with Crippen molar-refractivity contribution in [1.82, 2.24) is 0 Å². The summed E-state index contributed by atoms with van der Waals surface area (Å²) in [6, 6.07) is 5.47. The maximum atomic E-state index is 14.1. The second kappa shape index (κ2) is 10.3. The van der Waals surface area contributed by atoms with Crippen LogP contribution in [-0.4, -0.2) is 6.61 Å². The minimum atomic E-state index is -0.221. The van der Waals surface area contributed by atoms with Crippen molar-refractivity contribution in [1.29, 1.82) is 0 Å². The SMILES string of the molecule is CCCOc1ccc(CCC2=CCC([C@H]3CC[C@H](CC)CC3)CC2)cc1F. The van der Waals surface area contributed by atoms with Crippen LogP contribution in [0.2, 0.25) is 0 Å². The summed E-state index contributed by atoms with van der Waals surface area (Å²) in [6.45, 7) is 4.95. The summed E-state index contributed by atoms with van der Waals surface area (Å²) in [5.41, 5.74) is 2.66. The van der Waals surface area contributed by atoms with Crippen LogP contribution in [0, 0.1) is 23.6 Å². The zero-order chi connectivity index (χ0) is 19.1. The molecular formula is C25H37FO. The molecule has 2 heteroatoms. The standard InChI is InChI=1S/C25H37FO/c1-3-17-27-25-16-11-21(18-24(25)26)6-5-20-9-14-23(15-10-20)22-12-7-19(4-2)8-13-22/h9,11,16,18-19,22-23H,3-8,10,12-15,17H2,1-2H3/t19-,22-,23?. The van der Waals surface area contributed by atoms with Gasteiger partial charge >= 0.3 is 0 Å². The van der Waals surface area contributed by atoms with Crippen LogP contribution >= 0.6 is 0 Å². The normalized spacial score (nSPS) is 25.9. The molecule has 1 unspecified atom stereocenters. The second-order valence-corrected chi connectivity index (χ2v) is 8.70. The number of allylic oxidation sites excluding steroid dienone is 2. The lowest BCUT2D eigenvalue weighted by Gasteiger charge is -2.35. The first-order valence-corrected chi connectivity index (χ1v) is 11.3. The summed E-state index contributed by atoms with van der Waals surface area (Å²) < 4.78 is 19.5. The average Bonchev–Trinajstić information content (AvgIpc) is 2.72. The Labute approximate surface area is 165 Å². The number of ether oxygens (including phenoxy) is 1. The molecule has 0 radical (unpaired) electrons. The van der Waals surface area contributed by atoms with E-state index in [-0.39, 0.29) is 5.82 Å². The molecule has 0 spiro atoms. The zero-order valence-electron chi connectivity index (χ0n) is 17.3. The Morgan fingerprint density at radius 2 is 1.81 bits per heavy atom. The number of aryl methyl sites for hydroxylation is 1. The van der Waals surface area contributed by atoms with Crippen molar-refractivity contribution in [3.63, 3.8) is 0 Å². The topological polar surface area (TPSA) is 9.23 Å². The molecule has 0 N–H and O–H groups in total. The van der Waals surface area contributed by atoms with Crippen LogP contribution in [0.4, 0.5) is 4.39 Å². The fourth-order valence-electron chi connectivity index (χ4n) is 4.97. The van der Waals surface area contributed by atoms with E-state index in [4.69, 9.17) is 4.74 Å². The molecule has 1 nitrogen and oxygen atoms in total. The van der Waals surface area contributed by atoms with E-state index in [1.807, 2.05) is 13.0 Å². The molecule has 2 aliphatic carbocycles. The smallest absolute Gasteiger partial charge is 0.165 e. The van der Waals surface area contributed by atoms with E-state index in [1.165, 1.54) is 51.4 Å². The van der Waals surface area contributed by atoms with Gasteiger partial charge in [0.2, 0.25) is 0 Å². The van der Waals surface area contributed by atoms with Gasteiger partial charge in [0.1, 0.15) is 0 Å². The molecule has 1 fully saturated rings. The Morgan fingerprint density at radius 3 is 2.44 bits per heavy atom. The van der Waals surface area contributed by atoms with Crippen molar-refractivity contribution < 1.29 is 9.13 Å². The summed E-state index contributed by atoms with van der Waals surface area (Å²) in [6.07, 6.45) is 16.5. The van der Waals surface area contributed by atoms with Gasteiger partial charge in [-0.1, -0.05) is 50.8 Å². The van der Waals surface area contributed by atoms with Crippen molar-refractivity contribution in [3.05, 3.63) is 41.2 Å². The van der Waals surface area contributed by atoms with E-state index in [9.17, 15) is 4.39 Å². The van der Waals surface area contributed by atoms with Crippen LogP contribution in [0.1, 0.15) is 83.6 Å². The molecule has 3 rings (SSSR count). The Hall–Kier alpha value is -1.31. The first-order valence-electron chi connectivity index (χ1n) is 11.3. The molecule has 1 aromatic rings. The van der Waals surface area contributed by atoms with Crippen molar-refractivity contribution in [2.75, 3.05) is 6.61 Å². The molecular weight excluding hydrogens is 335 g/mol. The molecule has 2 aliphatic rings. The highest BCUT2D eigenvalue weighted by Crippen LogP contribution is 2.40. The number of benzene rings is 1. The molecule has 1 atom stereocenters. The van der Waals surface area contributed by atoms with Crippen LogP contribution < -0.4 is 4.74 Å². The summed E-state index contributed by atoms with van der Waals surface area (Å²) >= 11 is 0. The number of hydrogen-bond acceptors (Lipinski definition) is 1. The van der Waals surface area contributed by atoms with Crippen molar-refractivity contribution in [2.24, 2.45) is 17.8 Å². The van der Waals surface area contributed by atoms with Crippen LogP contribution in [-0.2, 0) is 6.42 Å². The predicted molar refractivity (Wildman–Crippen MR) is 112 cm³/mol. The van der Waals surface area contributed by atoms with E-state index in [0.717, 1.165) is 42.6 Å². The van der Waals surface area contributed by atoms with Gasteiger partial charge in [0.15, 0.2) is 11.6 Å². The highest BCUT2D eigenvalue weighted by molar-refractivity contribution is 5.30. The van der Waals surface area contributed by atoms with Gasteiger partial charge in [-0.2, -0.15) is 0 Å². The molecule has 0 saturated heterocycles. The van der Waals surface area contributed by atoms with Crippen LogP contribution in [0.15, 0.2) is 29.8 Å². The van der Waals surface area contributed by atoms with E-state index >= 15 is 0 Å². The van der Waals surface area contributed by atoms with Gasteiger partial charge in [-0.25, -0.2) is 4.39 Å². The second-order valence-electron chi connectivity index (χ2n) is 8.70. The summed E-state index contributed by atoms with van der Waals surface area (Å²) in [4.78, 5) is 0. The Balaban J connectivity index is 1.44. The third-order valence-electron chi connectivity index (χ3n) is 6.87. The maximum Gasteiger partial charge on any atom is 0.165 e. The zero-order valence-corrected chi connectivity index (χ0v) is 17.3. The lowest BCUT2D eigenvalue weighted by atomic mass is 9.71. The fourth-order valence-corrected chi connectivity index (χ4v) is 4.97. The highest BCUT2D eigenvalue weighted by atomic mass is 19.1. The third kappa shape index (κ3) is 5.83. The van der Waals surface area contributed by atoms with Crippen molar-refractivity contribution >= 4 is 0 Å². The predicted octanol–water partition coefficient (Wildman–Crippen LogP) is 7.49. The number of halogens is 1. The summed E-state index contributed by atoms with van der Waals surface area (Å²) in [5, 5.41) is 0. The van der Waals surface area contributed by atoms with Crippen LogP contribution in [0.25, 0.3) is 0 Å². The quantitative estimate of drug-likeness (QED) is 0.429. The first-order chi connectivity index (χ1) is 13.2. The molecule has 0 amide bonds. The van der Waals surface area contributed by atoms with Crippen LogP contribution in [0.3, 0.4) is 0 Å². The third-order valence-corrected chi connectivity index (χ3v) is 6.87. The molecule has 0 aliphatic heterocycles.